The summed E-state index contributed by atoms with van der Waals surface area (Å²) in [5.74, 6) is 2.09. The van der Waals surface area contributed by atoms with Crippen LogP contribution in [0.25, 0.3) is 0 Å². The first kappa shape index (κ1) is 9.84. The molecule has 0 atom stereocenters. The van der Waals surface area contributed by atoms with E-state index in [1.807, 2.05) is 0 Å². The summed E-state index contributed by atoms with van der Waals surface area (Å²) in [5, 5.41) is 6.10. The Hall–Kier alpha value is -1.36. The van der Waals surface area contributed by atoms with Crippen molar-refractivity contribution < 1.29 is 4.79 Å². The van der Waals surface area contributed by atoms with E-state index in [0.717, 1.165) is 25.5 Å². The van der Waals surface area contributed by atoms with Gasteiger partial charge in [-0.1, -0.05) is 0 Å². The number of hydrogen-bond donors (Lipinski definition) is 3. The molecule has 1 aliphatic carbocycles. The largest absolute Gasteiger partial charge is 0.350 e. The predicted octanol–water partition coefficient (Wildman–Crippen LogP) is 0.236. The highest BCUT2D eigenvalue weighted by Gasteiger charge is 2.27. The Labute approximate surface area is 94.0 Å². The zero-order valence-electron chi connectivity index (χ0n) is 9.12. The van der Waals surface area contributed by atoms with Crippen molar-refractivity contribution in [3.63, 3.8) is 0 Å². The van der Waals surface area contributed by atoms with E-state index in [1.165, 1.54) is 12.8 Å². The minimum Gasteiger partial charge on any atom is -0.350 e. The van der Waals surface area contributed by atoms with Crippen molar-refractivity contribution in [3.05, 3.63) is 17.7 Å². The molecule has 1 aromatic rings. The minimum absolute atomic E-state index is 0.0358. The molecule has 1 aliphatic heterocycles. The molecule has 5 heteroatoms. The molecular weight excluding hydrogens is 204 g/mol. The zero-order valence-corrected chi connectivity index (χ0v) is 9.12. The number of nitrogens with one attached hydrogen (secondary N) is 3. The lowest BCUT2D eigenvalue weighted by Crippen LogP contribution is -2.48. The smallest absolute Gasteiger partial charge is 0.269 e. The molecule has 0 bridgehead atoms. The molecule has 5 nitrogen and oxygen atoms in total. The molecule has 2 heterocycles. The summed E-state index contributed by atoms with van der Waals surface area (Å²) < 4.78 is 0. The average Bonchev–Trinajstić information content (AvgIpc) is 2.94. The van der Waals surface area contributed by atoms with Gasteiger partial charge in [0.1, 0.15) is 11.5 Å². The van der Waals surface area contributed by atoms with Gasteiger partial charge in [0, 0.05) is 31.5 Å². The first-order valence-corrected chi connectivity index (χ1v) is 5.87. The van der Waals surface area contributed by atoms with E-state index in [1.54, 1.807) is 6.20 Å². The molecule has 1 saturated carbocycles. The van der Waals surface area contributed by atoms with Crippen LogP contribution in [0.15, 0.2) is 6.20 Å². The van der Waals surface area contributed by atoms with Crippen molar-refractivity contribution >= 4 is 5.91 Å². The van der Waals surface area contributed by atoms with Gasteiger partial charge in [-0.05, 0) is 12.8 Å². The van der Waals surface area contributed by atoms with E-state index in [9.17, 15) is 4.79 Å². The number of hydrogen-bond acceptors (Lipinski definition) is 3. The summed E-state index contributed by atoms with van der Waals surface area (Å²) in [7, 11) is 0. The molecule has 0 unspecified atom stereocenters. The summed E-state index contributed by atoms with van der Waals surface area (Å²) in [4.78, 5) is 19.1. The van der Waals surface area contributed by atoms with Crippen molar-refractivity contribution in [1.29, 1.82) is 0 Å². The van der Waals surface area contributed by atoms with Gasteiger partial charge in [-0.3, -0.25) is 4.79 Å². The standard InChI is InChI=1S/C11H16N4O/c16-11(14-5-7-3-12-4-7)9-6-13-10(15-9)8-1-2-8/h6-8,12H,1-5H2,(H,13,15)(H,14,16). The molecule has 3 N–H and O–H groups in total. The van der Waals surface area contributed by atoms with Gasteiger partial charge in [0.25, 0.3) is 5.91 Å². The maximum absolute atomic E-state index is 11.7. The van der Waals surface area contributed by atoms with Gasteiger partial charge < -0.3 is 15.6 Å². The maximum atomic E-state index is 11.7. The predicted molar refractivity (Wildman–Crippen MR) is 59.3 cm³/mol. The lowest BCUT2D eigenvalue weighted by Gasteiger charge is -2.26. The Balaban J connectivity index is 1.55. The normalized spacial score (nSPS) is 20.5. The fourth-order valence-corrected chi connectivity index (χ4v) is 1.84. The first-order valence-electron chi connectivity index (χ1n) is 5.87. The monoisotopic (exact) mass is 220 g/mol. The lowest BCUT2D eigenvalue weighted by atomic mass is 10.0. The zero-order chi connectivity index (χ0) is 11.0. The Morgan fingerprint density at radius 1 is 1.50 bits per heavy atom. The SMILES string of the molecule is O=C(NCC1CNC1)c1cnc(C2CC2)[nH]1. The number of amides is 1. The van der Waals surface area contributed by atoms with Gasteiger partial charge in [0.2, 0.25) is 0 Å². The third kappa shape index (κ3) is 1.95. The molecule has 86 valence electrons. The van der Waals surface area contributed by atoms with Gasteiger partial charge in [-0.2, -0.15) is 0 Å². The molecule has 0 aromatic carbocycles. The number of carbonyl (C=O) groups excluding carboxylic acids is 1. The van der Waals surface area contributed by atoms with E-state index in [0.29, 0.717) is 17.5 Å². The molecular formula is C11H16N4O. The molecule has 2 fully saturated rings. The quantitative estimate of drug-likeness (QED) is 0.680. The number of H-pyrrole nitrogens is 1. The minimum atomic E-state index is -0.0358. The summed E-state index contributed by atoms with van der Waals surface area (Å²) in [6.45, 7) is 2.77. The van der Waals surface area contributed by atoms with Crippen LogP contribution in [0.5, 0.6) is 0 Å². The third-order valence-electron chi connectivity index (χ3n) is 3.22. The van der Waals surface area contributed by atoms with Crippen LogP contribution in [0.1, 0.15) is 35.1 Å². The van der Waals surface area contributed by atoms with Crippen LogP contribution in [0.3, 0.4) is 0 Å². The Morgan fingerprint density at radius 3 is 2.94 bits per heavy atom. The molecule has 16 heavy (non-hydrogen) atoms. The second-order valence-corrected chi connectivity index (χ2v) is 4.69. The number of rotatable bonds is 4. The van der Waals surface area contributed by atoms with E-state index >= 15 is 0 Å². The summed E-state index contributed by atoms with van der Waals surface area (Å²) >= 11 is 0. The van der Waals surface area contributed by atoms with Crippen LogP contribution in [0, 0.1) is 5.92 Å². The van der Waals surface area contributed by atoms with Crippen molar-refractivity contribution in [2.75, 3.05) is 19.6 Å². The third-order valence-corrected chi connectivity index (χ3v) is 3.22. The van der Waals surface area contributed by atoms with E-state index < -0.39 is 0 Å². The van der Waals surface area contributed by atoms with Gasteiger partial charge in [-0.15, -0.1) is 0 Å². The fourth-order valence-electron chi connectivity index (χ4n) is 1.84. The second-order valence-electron chi connectivity index (χ2n) is 4.69. The van der Waals surface area contributed by atoms with E-state index in [2.05, 4.69) is 20.6 Å². The Morgan fingerprint density at radius 2 is 2.31 bits per heavy atom. The van der Waals surface area contributed by atoms with Crippen LogP contribution in [0.4, 0.5) is 0 Å². The highest BCUT2D eigenvalue weighted by molar-refractivity contribution is 5.92. The van der Waals surface area contributed by atoms with Crippen LogP contribution in [-0.4, -0.2) is 35.5 Å². The van der Waals surface area contributed by atoms with Crippen LogP contribution < -0.4 is 10.6 Å². The number of carbonyl (C=O) groups is 1. The van der Waals surface area contributed by atoms with Crippen molar-refractivity contribution in [2.24, 2.45) is 5.92 Å². The topological polar surface area (TPSA) is 69.8 Å². The van der Waals surface area contributed by atoms with E-state index in [4.69, 9.17) is 0 Å². The number of aromatic amines is 1. The van der Waals surface area contributed by atoms with Crippen LogP contribution in [-0.2, 0) is 0 Å². The lowest BCUT2D eigenvalue weighted by molar-refractivity contribution is 0.0937. The molecule has 2 aliphatic rings. The number of nitrogens with zero attached hydrogens (tertiary/aromatic N) is 1. The Kier molecular flexibility index (Phi) is 2.40. The average molecular weight is 220 g/mol. The highest BCUT2D eigenvalue weighted by atomic mass is 16.1. The van der Waals surface area contributed by atoms with E-state index in [-0.39, 0.29) is 5.91 Å². The first-order chi connectivity index (χ1) is 7.83. The fraction of sp³-hybridized carbons (Fsp3) is 0.636. The second kappa shape index (κ2) is 3.90. The van der Waals surface area contributed by atoms with Gasteiger partial charge >= 0.3 is 0 Å². The van der Waals surface area contributed by atoms with Crippen LogP contribution in [0.2, 0.25) is 0 Å². The van der Waals surface area contributed by atoms with Crippen molar-refractivity contribution in [1.82, 2.24) is 20.6 Å². The molecule has 1 amide bonds. The Bertz CT molecular complexity index is 392. The molecule has 0 spiro atoms. The summed E-state index contributed by atoms with van der Waals surface area (Å²) in [6.07, 6.45) is 4.03. The summed E-state index contributed by atoms with van der Waals surface area (Å²) in [5.41, 5.74) is 0.592. The molecule has 1 aromatic heterocycles. The van der Waals surface area contributed by atoms with Gasteiger partial charge in [0.05, 0.1) is 6.20 Å². The maximum Gasteiger partial charge on any atom is 0.269 e. The van der Waals surface area contributed by atoms with Gasteiger partial charge in [-0.25, -0.2) is 4.98 Å². The summed E-state index contributed by atoms with van der Waals surface area (Å²) in [6, 6.07) is 0. The van der Waals surface area contributed by atoms with Gasteiger partial charge in [0.15, 0.2) is 0 Å². The number of aromatic nitrogens is 2. The van der Waals surface area contributed by atoms with Crippen molar-refractivity contribution in [2.45, 2.75) is 18.8 Å². The van der Waals surface area contributed by atoms with Crippen LogP contribution >= 0.6 is 0 Å². The molecule has 3 rings (SSSR count). The number of imidazole rings is 1. The highest BCUT2D eigenvalue weighted by Crippen LogP contribution is 2.37. The molecule has 0 radical (unpaired) electrons. The molecule has 1 saturated heterocycles. The van der Waals surface area contributed by atoms with Crippen molar-refractivity contribution in [3.8, 4) is 0 Å².